The first-order valence-electron chi connectivity index (χ1n) is 11.0. The molecule has 168 valence electrons. The van der Waals surface area contributed by atoms with Gasteiger partial charge in [-0.1, -0.05) is 0 Å². The minimum absolute atomic E-state index is 0.120. The first-order chi connectivity index (χ1) is 15.3. The molecule has 2 aromatic heterocycles. The van der Waals surface area contributed by atoms with Crippen molar-refractivity contribution >= 4 is 5.82 Å². The molecule has 0 spiro atoms. The summed E-state index contributed by atoms with van der Waals surface area (Å²) in [4.78, 5) is 10.5. The van der Waals surface area contributed by atoms with Gasteiger partial charge in [-0.05, 0) is 52.0 Å². The maximum absolute atomic E-state index is 14.7. The average Bonchev–Trinajstić information content (AvgIpc) is 3.28. The van der Waals surface area contributed by atoms with E-state index >= 15 is 0 Å². The Kier molecular flexibility index (Phi) is 4.88. The number of aromatic hydroxyl groups is 1. The van der Waals surface area contributed by atoms with Crippen molar-refractivity contribution < 1.29 is 9.50 Å². The van der Waals surface area contributed by atoms with Crippen molar-refractivity contribution in [2.75, 3.05) is 11.9 Å². The number of benzene rings is 1. The summed E-state index contributed by atoms with van der Waals surface area (Å²) in [6, 6.07) is 2.89. The summed E-state index contributed by atoms with van der Waals surface area (Å²) in [6.07, 6.45) is 11.9. The molecule has 3 aromatic rings. The van der Waals surface area contributed by atoms with Gasteiger partial charge in [0, 0.05) is 42.6 Å². The van der Waals surface area contributed by atoms with E-state index in [4.69, 9.17) is 0 Å². The summed E-state index contributed by atoms with van der Waals surface area (Å²) in [5.41, 5.74) is 0.660. The van der Waals surface area contributed by atoms with Crippen LogP contribution in [0.3, 0.4) is 0 Å². The normalized spacial score (nSPS) is 27.3. The maximum Gasteiger partial charge on any atom is 0.185 e. The first-order valence-corrected chi connectivity index (χ1v) is 11.0. The number of hydrogen-bond donors (Lipinski definition) is 2. The smallest absolute Gasteiger partial charge is 0.185 e. The SMILES string of the molecule is CN(c1cnc(-c2cc(F)c(-n3ccnc3)cc2O)nn1)[C@H]1C[C@]2(C)CCC[C@](C)(C1)N2. The van der Waals surface area contributed by atoms with Gasteiger partial charge < -0.3 is 19.9 Å². The number of nitrogens with zero attached hydrogens (tertiary/aromatic N) is 6. The topological polar surface area (TPSA) is 92.0 Å². The van der Waals surface area contributed by atoms with E-state index in [1.807, 2.05) is 7.05 Å². The van der Waals surface area contributed by atoms with Gasteiger partial charge in [-0.3, -0.25) is 0 Å². The average molecular weight is 438 g/mol. The van der Waals surface area contributed by atoms with Crippen LogP contribution in [0.5, 0.6) is 5.75 Å². The highest BCUT2D eigenvalue weighted by molar-refractivity contribution is 5.66. The number of nitrogens with one attached hydrogen (secondary N) is 1. The molecule has 1 aromatic carbocycles. The molecule has 0 aliphatic carbocycles. The Morgan fingerprint density at radius 1 is 1.19 bits per heavy atom. The minimum Gasteiger partial charge on any atom is -0.507 e. The fourth-order valence-corrected chi connectivity index (χ4v) is 5.49. The fourth-order valence-electron chi connectivity index (χ4n) is 5.49. The van der Waals surface area contributed by atoms with E-state index in [1.54, 1.807) is 18.6 Å². The number of phenolic OH excluding ortho intramolecular Hbond substituents is 1. The van der Waals surface area contributed by atoms with Gasteiger partial charge in [0.15, 0.2) is 11.6 Å². The second-order valence-corrected chi connectivity index (χ2v) is 9.70. The number of piperidine rings is 2. The number of rotatable bonds is 4. The van der Waals surface area contributed by atoms with Crippen molar-refractivity contribution in [3.05, 3.63) is 42.9 Å². The first kappa shape index (κ1) is 20.8. The fraction of sp³-hybridized carbons (Fsp3) is 0.478. The number of imidazole rings is 1. The molecule has 2 fully saturated rings. The van der Waals surface area contributed by atoms with Gasteiger partial charge in [-0.2, -0.15) is 0 Å². The molecule has 32 heavy (non-hydrogen) atoms. The molecule has 0 unspecified atom stereocenters. The number of fused-ring (bicyclic) bond motifs is 2. The zero-order valence-electron chi connectivity index (χ0n) is 18.6. The van der Waals surface area contributed by atoms with Crippen LogP contribution in [0.4, 0.5) is 10.2 Å². The molecule has 2 saturated heterocycles. The summed E-state index contributed by atoms with van der Waals surface area (Å²) < 4.78 is 16.2. The Morgan fingerprint density at radius 2 is 1.94 bits per heavy atom. The summed E-state index contributed by atoms with van der Waals surface area (Å²) in [5.74, 6) is 0.214. The van der Waals surface area contributed by atoms with Gasteiger partial charge in [0.25, 0.3) is 0 Å². The number of hydrogen-bond acceptors (Lipinski definition) is 7. The molecule has 5 rings (SSSR count). The molecule has 0 amide bonds. The molecule has 2 aliphatic rings. The molecule has 2 aliphatic heterocycles. The molecule has 4 heterocycles. The van der Waals surface area contributed by atoms with Crippen molar-refractivity contribution in [2.24, 2.45) is 0 Å². The molecule has 9 heteroatoms. The van der Waals surface area contributed by atoms with Gasteiger partial charge in [-0.15, -0.1) is 10.2 Å². The van der Waals surface area contributed by atoms with E-state index in [2.05, 4.69) is 44.2 Å². The molecule has 0 saturated carbocycles. The van der Waals surface area contributed by atoms with Crippen LogP contribution in [0.1, 0.15) is 46.0 Å². The number of anilines is 1. The Labute approximate surface area is 186 Å². The summed E-state index contributed by atoms with van der Waals surface area (Å²) >= 11 is 0. The Bertz CT molecular complexity index is 1100. The zero-order chi connectivity index (χ0) is 22.5. The lowest BCUT2D eigenvalue weighted by Crippen LogP contribution is -2.66. The Morgan fingerprint density at radius 3 is 2.56 bits per heavy atom. The van der Waals surface area contributed by atoms with Crippen LogP contribution in [0.15, 0.2) is 37.1 Å². The van der Waals surface area contributed by atoms with E-state index < -0.39 is 5.82 Å². The predicted octanol–water partition coefficient (Wildman–Crippen LogP) is 3.46. The Hall–Kier alpha value is -3.07. The van der Waals surface area contributed by atoms with E-state index in [1.165, 1.54) is 42.3 Å². The Balaban J connectivity index is 1.38. The molecule has 2 bridgehead atoms. The molecule has 3 atom stereocenters. The van der Waals surface area contributed by atoms with Crippen LogP contribution < -0.4 is 10.2 Å². The predicted molar refractivity (Wildman–Crippen MR) is 119 cm³/mol. The van der Waals surface area contributed by atoms with Crippen LogP contribution in [-0.4, -0.2) is 54.0 Å². The van der Waals surface area contributed by atoms with Crippen LogP contribution in [0.25, 0.3) is 17.1 Å². The van der Waals surface area contributed by atoms with Gasteiger partial charge >= 0.3 is 0 Å². The van der Waals surface area contributed by atoms with Crippen molar-refractivity contribution in [2.45, 2.75) is 63.1 Å². The molecular weight excluding hydrogens is 409 g/mol. The summed E-state index contributed by atoms with van der Waals surface area (Å²) in [6.45, 7) is 4.62. The monoisotopic (exact) mass is 437 g/mol. The second kappa shape index (κ2) is 7.51. The summed E-state index contributed by atoms with van der Waals surface area (Å²) in [5, 5.41) is 22.9. The van der Waals surface area contributed by atoms with Gasteiger partial charge in [-0.25, -0.2) is 14.4 Å². The van der Waals surface area contributed by atoms with Crippen molar-refractivity contribution in [3.63, 3.8) is 0 Å². The standard InChI is InChI=1S/C23H28FN7O/c1-22-5-4-6-23(2,29-22)12-15(11-22)30(3)20-13-26-21(28-27-20)16-9-17(24)18(10-19(16)32)31-8-7-25-14-31/h7-10,13-15,29,32H,4-6,11-12H2,1-3H3/t15-,22-,23+. The van der Waals surface area contributed by atoms with Gasteiger partial charge in [0.1, 0.15) is 11.6 Å². The highest BCUT2D eigenvalue weighted by Crippen LogP contribution is 2.41. The minimum atomic E-state index is -0.511. The number of halogens is 1. The van der Waals surface area contributed by atoms with E-state index in [0.717, 1.165) is 12.8 Å². The number of aromatic nitrogens is 5. The lowest BCUT2D eigenvalue weighted by Gasteiger charge is -2.55. The molecular formula is C23H28FN7O. The number of phenols is 1. The molecule has 8 nitrogen and oxygen atoms in total. The van der Waals surface area contributed by atoms with E-state index in [9.17, 15) is 9.50 Å². The third kappa shape index (κ3) is 3.70. The highest BCUT2D eigenvalue weighted by Gasteiger charge is 2.46. The quantitative estimate of drug-likeness (QED) is 0.646. The van der Waals surface area contributed by atoms with Crippen molar-refractivity contribution in [1.82, 2.24) is 30.0 Å². The summed E-state index contributed by atoms with van der Waals surface area (Å²) in [7, 11) is 2.03. The van der Waals surface area contributed by atoms with Crippen LogP contribution in [0.2, 0.25) is 0 Å². The van der Waals surface area contributed by atoms with E-state index in [0.29, 0.717) is 11.9 Å². The van der Waals surface area contributed by atoms with Crippen LogP contribution >= 0.6 is 0 Å². The maximum atomic E-state index is 14.7. The van der Waals surface area contributed by atoms with Crippen LogP contribution in [0, 0.1) is 5.82 Å². The lowest BCUT2D eigenvalue weighted by atomic mass is 9.69. The third-order valence-electron chi connectivity index (χ3n) is 6.98. The van der Waals surface area contributed by atoms with E-state index in [-0.39, 0.29) is 33.9 Å². The van der Waals surface area contributed by atoms with Crippen molar-refractivity contribution in [3.8, 4) is 22.8 Å². The largest absolute Gasteiger partial charge is 0.507 e. The lowest BCUT2D eigenvalue weighted by molar-refractivity contribution is 0.0784. The second-order valence-electron chi connectivity index (χ2n) is 9.70. The highest BCUT2D eigenvalue weighted by atomic mass is 19.1. The third-order valence-corrected chi connectivity index (χ3v) is 6.98. The zero-order valence-corrected chi connectivity index (χ0v) is 18.6. The van der Waals surface area contributed by atoms with Gasteiger partial charge in [0.2, 0.25) is 0 Å². The van der Waals surface area contributed by atoms with Crippen LogP contribution in [-0.2, 0) is 0 Å². The molecule has 0 radical (unpaired) electrons. The van der Waals surface area contributed by atoms with Gasteiger partial charge in [0.05, 0.1) is 23.8 Å². The van der Waals surface area contributed by atoms with Crippen molar-refractivity contribution in [1.29, 1.82) is 0 Å². The molecule has 2 N–H and O–H groups in total.